The molecule has 1 heterocycles. The molecule has 3 aromatic rings. The number of aliphatic hydroxyl groups is 1. The van der Waals surface area contributed by atoms with Crippen molar-refractivity contribution in [2.45, 2.75) is 37.5 Å². The molecule has 0 bridgehead atoms. The highest BCUT2D eigenvalue weighted by Gasteiger charge is 2.40. The van der Waals surface area contributed by atoms with E-state index in [0.29, 0.717) is 24.9 Å². The number of rotatable bonds is 6. The van der Waals surface area contributed by atoms with Crippen molar-refractivity contribution in [3.63, 3.8) is 0 Å². The topological polar surface area (TPSA) is 49.8 Å². The number of hydrogen-bond donors (Lipinski definition) is 1. The predicted molar refractivity (Wildman–Crippen MR) is 117 cm³/mol. The number of ether oxygens (including phenoxy) is 1. The molecule has 1 fully saturated rings. The van der Waals surface area contributed by atoms with Crippen molar-refractivity contribution in [3.8, 4) is 0 Å². The fraction of sp³-hybridized carbons (Fsp3) is 0.269. The van der Waals surface area contributed by atoms with Gasteiger partial charge in [0.2, 0.25) is 0 Å². The van der Waals surface area contributed by atoms with E-state index < -0.39 is 35.8 Å². The summed E-state index contributed by atoms with van der Waals surface area (Å²) in [6, 6.07) is 21.6. The van der Waals surface area contributed by atoms with E-state index in [1.165, 1.54) is 17.0 Å². The van der Waals surface area contributed by atoms with Crippen molar-refractivity contribution in [2.75, 3.05) is 6.54 Å². The summed E-state index contributed by atoms with van der Waals surface area (Å²) in [6.45, 7) is 0.558. The minimum absolute atomic E-state index is 0.0632. The van der Waals surface area contributed by atoms with Gasteiger partial charge in [-0.05, 0) is 30.0 Å². The molecule has 4 nitrogen and oxygen atoms in total. The van der Waals surface area contributed by atoms with Crippen LogP contribution < -0.4 is 0 Å². The van der Waals surface area contributed by atoms with E-state index >= 15 is 0 Å². The molecule has 0 aromatic heterocycles. The third kappa shape index (κ3) is 4.65. The van der Waals surface area contributed by atoms with E-state index in [1.807, 2.05) is 36.4 Å². The number of halogens is 2. The number of nitrogens with zero attached hydrogens (tertiary/aromatic N) is 1. The van der Waals surface area contributed by atoms with Crippen LogP contribution in [0.5, 0.6) is 0 Å². The van der Waals surface area contributed by atoms with E-state index in [4.69, 9.17) is 4.74 Å². The van der Waals surface area contributed by atoms with Crippen molar-refractivity contribution in [1.29, 1.82) is 0 Å². The van der Waals surface area contributed by atoms with Gasteiger partial charge in [0.15, 0.2) is 11.6 Å². The minimum atomic E-state index is -1.14. The van der Waals surface area contributed by atoms with Crippen LogP contribution in [0.3, 0.4) is 0 Å². The van der Waals surface area contributed by atoms with Crippen LogP contribution in [0.2, 0.25) is 0 Å². The Kier molecular flexibility index (Phi) is 6.81. The predicted octanol–water partition coefficient (Wildman–Crippen LogP) is 5.26. The van der Waals surface area contributed by atoms with Crippen LogP contribution >= 0.6 is 0 Å². The van der Waals surface area contributed by atoms with Crippen molar-refractivity contribution in [3.05, 3.63) is 107 Å². The summed E-state index contributed by atoms with van der Waals surface area (Å²) < 4.78 is 34.2. The summed E-state index contributed by atoms with van der Waals surface area (Å²) in [7, 11) is 0. The van der Waals surface area contributed by atoms with E-state index in [2.05, 4.69) is 0 Å². The second-order valence-electron chi connectivity index (χ2n) is 7.97. The molecule has 1 aliphatic rings. The molecule has 0 radical (unpaired) electrons. The van der Waals surface area contributed by atoms with Gasteiger partial charge >= 0.3 is 6.09 Å². The molecular formula is C26H25F2NO3. The summed E-state index contributed by atoms with van der Waals surface area (Å²) in [4.78, 5) is 14.3. The molecule has 1 amide bonds. The van der Waals surface area contributed by atoms with Gasteiger partial charge in [-0.15, -0.1) is 0 Å². The van der Waals surface area contributed by atoms with E-state index in [9.17, 15) is 18.7 Å². The highest BCUT2D eigenvalue weighted by Crippen LogP contribution is 2.36. The first-order valence-corrected chi connectivity index (χ1v) is 10.7. The molecule has 6 heteroatoms. The van der Waals surface area contributed by atoms with Crippen LogP contribution in [0.1, 0.15) is 35.4 Å². The highest BCUT2D eigenvalue weighted by molar-refractivity contribution is 5.68. The fourth-order valence-corrected chi connectivity index (χ4v) is 4.38. The van der Waals surface area contributed by atoms with E-state index in [0.717, 1.165) is 11.6 Å². The largest absolute Gasteiger partial charge is 0.445 e. The van der Waals surface area contributed by atoms with Gasteiger partial charge in [0.1, 0.15) is 6.61 Å². The second-order valence-corrected chi connectivity index (χ2v) is 7.97. The maximum atomic E-state index is 14.8. The molecule has 0 saturated carbocycles. The first-order chi connectivity index (χ1) is 15.6. The Morgan fingerprint density at radius 1 is 1.00 bits per heavy atom. The molecule has 32 heavy (non-hydrogen) atoms. The van der Waals surface area contributed by atoms with Crippen molar-refractivity contribution >= 4 is 6.09 Å². The number of benzene rings is 3. The molecule has 1 N–H and O–H groups in total. The lowest BCUT2D eigenvalue weighted by Crippen LogP contribution is -2.45. The molecule has 166 valence electrons. The molecule has 4 rings (SSSR count). The number of carbonyl (C=O) groups excluding carboxylic acids is 1. The van der Waals surface area contributed by atoms with Crippen molar-refractivity contribution in [1.82, 2.24) is 4.90 Å². The molecule has 1 aliphatic heterocycles. The van der Waals surface area contributed by atoms with Crippen molar-refractivity contribution < 1.29 is 23.4 Å². The Labute approximate surface area is 186 Å². The van der Waals surface area contributed by atoms with Crippen LogP contribution in [-0.2, 0) is 11.3 Å². The average Bonchev–Trinajstić information content (AvgIpc) is 3.32. The second kappa shape index (κ2) is 9.92. The average molecular weight is 437 g/mol. The van der Waals surface area contributed by atoms with Gasteiger partial charge in [-0.2, -0.15) is 0 Å². The maximum Gasteiger partial charge on any atom is 0.410 e. The normalized spacial score (nSPS) is 17.7. The quantitative estimate of drug-likeness (QED) is 0.572. The lowest BCUT2D eigenvalue weighted by Gasteiger charge is -2.33. The monoisotopic (exact) mass is 437 g/mol. The SMILES string of the molecule is O=C(OCc1ccccc1)N1CCC[C@@H]1[C@H](O)[C@H](c1ccccc1)c1cccc(F)c1F. The number of carbonyl (C=O) groups is 1. The smallest absolute Gasteiger partial charge is 0.410 e. The number of amides is 1. The summed E-state index contributed by atoms with van der Waals surface area (Å²) in [5.41, 5.74) is 1.57. The van der Waals surface area contributed by atoms with Crippen molar-refractivity contribution in [2.24, 2.45) is 0 Å². The van der Waals surface area contributed by atoms with Gasteiger partial charge < -0.3 is 14.7 Å². The standard InChI is InChI=1S/C26H25F2NO3/c27-21-14-7-13-20(24(21)28)23(19-11-5-2-6-12-19)25(30)22-15-8-16-29(22)26(31)32-17-18-9-3-1-4-10-18/h1-7,9-14,22-23,25,30H,8,15-17H2/t22-,23-,25+/m1/s1. The van der Waals surface area contributed by atoms with Crippen LogP contribution in [0.15, 0.2) is 78.9 Å². The number of likely N-dealkylation sites (tertiary alicyclic amines) is 1. The van der Waals surface area contributed by atoms with Gasteiger partial charge in [-0.3, -0.25) is 0 Å². The first-order valence-electron chi connectivity index (χ1n) is 10.7. The third-order valence-corrected chi connectivity index (χ3v) is 5.95. The number of aliphatic hydroxyl groups excluding tert-OH is 1. The summed E-state index contributed by atoms with van der Waals surface area (Å²) in [5, 5.41) is 11.4. The lowest BCUT2D eigenvalue weighted by atomic mass is 9.82. The highest BCUT2D eigenvalue weighted by atomic mass is 19.2. The van der Waals surface area contributed by atoms with Gasteiger partial charge in [0.05, 0.1) is 12.1 Å². The Morgan fingerprint density at radius 3 is 2.41 bits per heavy atom. The maximum absolute atomic E-state index is 14.8. The molecule has 3 atom stereocenters. The zero-order valence-electron chi connectivity index (χ0n) is 17.5. The molecule has 3 aromatic carbocycles. The van der Waals surface area contributed by atoms with Crippen LogP contribution in [0, 0.1) is 11.6 Å². The summed E-state index contributed by atoms with van der Waals surface area (Å²) in [6.07, 6.45) is -0.431. The Hall–Kier alpha value is -3.25. The molecule has 0 aliphatic carbocycles. The summed E-state index contributed by atoms with van der Waals surface area (Å²) in [5.74, 6) is -2.79. The Balaban J connectivity index is 1.59. The first kappa shape index (κ1) is 22.0. The Morgan fingerprint density at radius 2 is 1.69 bits per heavy atom. The van der Waals surface area contributed by atoms with Gasteiger partial charge in [-0.1, -0.05) is 72.8 Å². The lowest BCUT2D eigenvalue weighted by molar-refractivity contribution is 0.0409. The van der Waals surface area contributed by atoms with Gasteiger partial charge in [-0.25, -0.2) is 13.6 Å². The summed E-state index contributed by atoms with van der Waals surface area (Å²) >= 11 is 0. The van der Waals surface area contributed by atoms with Crippen LogP contribution in [-0.4, -0.2) is 34.8 Å². The Bertz CT molecular complexity index is 1050. The molecule has 1 saturated heterocycles. The molecular weight excluding hydrogens is 412 g/mol. The zero-order chi connectivity index (χ0) is 22.5. The molecule has 0 unspecified atom stereocenters. The van der Waals surface area contributed by atoms with E-state index in [1.54, 1.807) is 24.3 Å². The van der Waals surface area contributed by atoms with Crippen LogP contribution in [0.4, 0.5) is 13.6 Å². The van der Waals surface area contributed by atoms with Gasteiger partial charge in [0.25, 0.3) is 0 Å². The number of hydrogen-bond acceptors (Lipinski definition) is 3. The van der Waals surface area contributed by atoms with Gasteiger partial charge in [0, 0.05) is 18.0 Å². The minimum Gasteiger partial charge on any atom is -0.445 e. The fourth-order valence-electron chi connectivity index (χ4n) is 4.38. The third-order valence-electron chi connectivity index (χ3n) is 5.95. The zero-order valence-corrected chi connectivity index (χ0v) is 17.5. The van der Waals surface area contributed by atoms with Crippen LogP contribution in [0.25, 0.3) is 0 Å². The molecule has 0 spiro atoms. The van der Waals surface area contributed by atoms with E-state index in [-0.39, 0.29) is 12.2 Å².